The topological polar surface area (TPSA) is 72.9 Å². The zero-order valence-electron chi connectivity index (χ0n) is 12.4. The number of aromatic nitrogens is 2. The summed E-state index contributed by atoms with van der Waals surface area (Å²) in [7, 11) is 1.98. The van der Waals surface area contributed by atoms with Crippen molar-refractivity contribution in [3.05, 3.63) is 30.0 Å². The molecule has 1 aliphatic carbocycles. The average Bonchev–Trinajstić information content (AvgIpc) is 2.83. The van der Waals surface area contributed by atoms with Gasteiger partial charge in [0.1, 0.15) is 0 Å². The van der Waals surface area contributed by atoms with Gasteiger partial charge in [-0.15, -0.1) is 0 Å². The average molecular weight is 286 g/mol. The minimum atomic E-state index is -0.149. The lowest BCUT2D eigenvalue weighted by molar-refractivity contribution is -0.122. The van der Waals surface area contributed by atoms with Crippen molar-refractivity contribution in [2.24, 2.45) is 18.7 Å². The van der Waals surface area contributed by atoms with Crippen LogP contribution in [0.4, 0.5) is 0 Å². The first-order valence-corrected chi connectivity index (χ1v) is 7.58. The van der Waals surface area contributed by atoms with Crippen LogP contribution in [0.1, 0.15) is 31.4 Å². The summed E-state index contributed by atoms with van der Waals surface area (Å²) in [4.78, 5) is 11.2. The molecule has 5 heteroatoms. The van der Waals surface area contributed by atoms with Gasteiger partial charge in [0, 0.05) is 30.9 Å². The molecule has 2 aromatic rings. The highest BCUT2D eigenvalue weighted by molar-refractivity contribution is 5.81. The number of carbonyl (C=O) groups is 1. The zero-order valence-corrected chi connectivity index (χ0v) is 12.4. The van der Waals surface area contributed by atoms with E-state index in [0.717, 1.165) is 43.4 Å². The highest BCUT2D eigenvalue weighted by Gasteiger charge is 2.24. The van der Waals surface area contributed by atoms with E-state index in [-0.39, 0.29) is 11.8 Å². The van der Waals surface area contributed by atoms with Crippen LogP contribution in [0.25, 0.3) is 10.9 Å². The Morgan fingerprint density at radius 1 is 1.33 bits per heavy atom. The van der Waals surface area contributed by atoms with Crippen LogP contribution in [0.3, 0.4) is 0 Å². The Labute approximate surface area is 124 Å². The van der Waals surface area contributed by atoms with Gasteiger partial charge in [-0.3, -0.25) is 9.48 Å². The van der Waals surface area contributed by atoms with Crippen LogP contribution < -0.4 is 11.1 Å². The molecular weight excluding hydrogens is 264 g/mol. The largest absolute Gasteiger partial charge is 0.369 e. The number of nitrogens with one attached hydrogen (secondary N) is 1. The number of nitrogens with two attached hydrogens (primary N) is 1. The molecule has 0 bridgehead atoms. The molecule has 0 atom stereocenters. The summed E-state index contributed by atoms with van der Waals surface area (Å²) in [6, 6.07) is 8.74. The number of benzene rings is 1. The third-order valence-corrected chi connectivity index (χ3v) is 4.52. The maximum absolute atomic E-state index is 11.2. The fourth-order valence-corrected chi connectivity index (χ4v) is 3.24. The third kappa shape index (κ3) is 2.93. The minimum Gasteiger partial charge on any atom is -0.369 e. The number of hydrogen-bond acceptors (Lipinski definition) is 3. The Morgan fingerprint density at radius 3 is 2.76 bits per heavy atom. The number of amides is 1. The molecule has 1 fully saturated rings. The van der Waals surface area contributed by atoms with Crippen LogP contribution in [0, 0.1) is 5.92 Å². The molecule has 21 heavy (non-hydrogen) atoms. The van der Waals surface area contributed by atoms with Crippen molar-refractivity contribution < 1.29 is 4.79 Å². The Bertz CT molecular complexity index is 641. The van der Waals surface area contributed by atoms with E-state index in [4.69, 9.17) is 5.73 Å². The SMILES string of the molecule is Cn1nc(CNC2CCC(C(N)=O)CC2)c2ccccc21. The highest BCUT2D eigenvalue weighted by Crippen LogP contribution is 2.24. The van der Waals surface area contributed by atoms with Crippen molar-refractivity contribution >= 4 is 16.8 Å². The van der Waals surface area contributed by atoms with Gasteiger partial charge in [-0.05, 0) is 31.7 Å². The van der Waals surface area contributed by atoms with Gasteiger partial charge < -0.3 is 11.1 Å². The second kappa shape index (κ2) is 5.85. The molecule has 0 radical (unpaired) electrons. The summed E-state index contributed by atoms with van der Waals surface area (Å²) in [5.41, 5.74) is 7.62. The van der Waals surface area contributed by atoms with E-state index in [0.29, 0.717) is 6.04 Å². The van der Waals surface area contributed by atoms with Gasteiger partial charge in [-0.25, -0.2) is 0 Å². The van der Waals surface area contributed by atoms with Gasteiger partial charge >= 0.3 is 0 Å². The summed E-state index contributed by atoms with van der Waals surface area (Å²) in [5, 5.41) is 9.38. The third-order valence-electron chi connectivity index (χ3n) is 4.52. The van der Waals surface area contributed by atoms with E-state index in [2.05, 4.69) is 22.5 Å². The first-order valence-electron chi connectivity index (χ1n) is 7.58. The van der Waals surface area contributed by atoms with E-state index >= 15 is 0 Å². The molecule has 1 heterocycles. The van der Waals surface area contributed by atoms with Crippen LogP contribution in [0.2, 0.25) is 0 Å². The van der Waals surface area contributed by atoms with Gasteiger partial charge in [0.05, 0.1) is 11.2 Å². The van der Waals surface area contributed by atoms with E-state index in [1.54, 1.807) is 0 Å². The van der Waals surface area contributed by atoms with E-state index in [9.17, 15) is 4.79 Å². The highest BCUT2D eigenvalue weighted by atomic mass is 16.1. The monoisotopic (exact) mass is 286 g/mol. The standard InChI is InChI=1S/C16H22N4O/c1-20-15-5-3-2-4-13(15)14(19-20)10-18-12-8-6-11(7-9-12)16(17)21/h2-5,11-12,18H,6-10H2,1H3,(H2,17,21). The number of fused-ring (bicyclic) bond motifs is 1. The van der Waals surface area contributed by atoms with E-state index < -0.39 is 0 Å². The Kier molecular flexibility index (Phi) is 3.92. The predicted molar refractivity (Wildman–Crippen MR) is 82.5 cm³/mol. The van der Waals surface area contributed by atoms with Gasteiger partial charge in [0.25, 0.3) is 0 Å². The van der Waals surface area contributed by atoms with Gasteiger partial charge in [0.2, 0.25) is 5.91 Å². The lowest BCUT2D eigenvalue weighted by Crippen LogP contribution is -2.36. The summed E-state index contributed by atoms with van der Waals surface area (Å²) in [6.07, 6.45) is 3.82. The summed E-state index contributed by atoms with van der Waals surface area (Å²) < 4.78 is 1.93. The Morgan fingerprint density at radius 2 is 2.05 bits per heavy atom. The Hall–Kier alpha value is -1.88. The molecule has 3 rings (SSSR count). The van der Waals surface area contributed by atoms with Crippen molar-refractivity contribution in [2.75, 3.05) is 0 Å². The van der Waals surface area contributed by atoms with Crippen molar-refractivity contribution in [3.8, 4) is 0 Å². The Balaban J connectivity index is 1.61. The maximum Gasteiger partial charge on any atom is 0.220 e. The minimum absolute atomic E-state index is 0.0683. The molecule has 1 amide bonds. The molecular formula is C16H22N4O. The maximum atomic E-state index is 11.2. The number of para-hydroxylation sites is 1. The molecule has 0 unspecified atom stereocenters. The predicted octanol–water partition coefficient (Wildman–Crippen LogP) is 1.71. The molecule has 0 aliphatic heterocycles. The number of rotatable bonds is 4. The molecule has 3 N–H and O–H groups in total. The van der Waals surface area contributed by atoms with Crippen LogP contribution in [0.15, 0.2) is 24.3 Å². The molecule has 5 nitrogen and oxygen atoms in total. The molecule has 112 valence electrons. The molecule has 0 spiro atoms. The van der Waals surface area contributed by atoms with Gasteiger partial charge in [0.15, 0.2) is 0 Å². The normalized spacial score (nSPS) is 22.5. The molecule has 1 saturated carbocycles. The van der Waals surface area contributed by atoms with Gasteiger partial charge in [-0.1, -0.05) is 18.2 Å². The molecule has 1 aromatic heterocycles. The van der Waals surface area contributed by atoms with Crippen LogP contribution in [-0.2, 0) is 18.4 Å². The number of primary amides is 1. The van der Waals surface area contributed by atoms with Crippen molar-refractivity contribution in [2.45, 2.75) is 38.3 Å². The quantitative estimate of drug-likeness (QED) is 0.898. The number of carbonyl (C=O) groups excluding carboxylic acids is 1. The fourth-order valence-electron chi connectivity index (χ4n) is 3.24. The second-order valence-electron chi connectivity index (χ2n) is 5.92. The van der Waals surface area contributed by atoms with E-state index in [1.165, 1.54) is 5.39 Å². The zero-order chi connectivity index (χ0) is 14.8. The molecule has 1 aliphatic rings. The lowest BCUT2D eigenvalue weighted by atomic mass is 9.85. The smallest absolute Gasteiger partial charge is 0.220 e. The van der Waals surface area contributed by atoms with Crippen LogP contribution >= 0.6 is 0 Å². The van der Waals surface area contributed by atoms with Crippen LogP contribution in [-0.4, -0.2) is 21.7 Å². The number of nitrogens with zero attached hydrogens (tertiary/aromatic N) is 2. The molecule has 0 saturated heterocycles. The molecule has 1 aromatic carbocycles. The van der Waals surface area contributed by atoms with Gasteiger partial charge in [-0.2, -0.15) is 5.10 Å². The lowest BCUT2D eigenvalue weighted by Gasteiger charge is -2.27. The van der Waals surface area contributed by atoms with Crippen molar-refractivity contribution in [1.82, 2.24) is 15.1 Å². The van der Waals surface area contributed by atoms with Crippen LogP contribution in [0.5, 0.6) is 0 Å². The number of hydrogen-bond donors (Lipinski definition) is 2. The van der Waals surface area contributed by atoms with Crippen molar-refractivity contribution in [1.29, 1.82) is 0 Å². The second-order valence-corrected chi connectivity index (χ2v) is 5.92. The summed E-state index contributed by atoms with van der Waals surface area (Å²) in [5.74, 6) is -0.0806. The van der Waals surface area contributed by atoms with E-state index in [1.807, 2.05) is 23.9 Å². The fraction of sp³-hybridized carbons (Fsp3) is 0.500. The summed E-state index contributed by atoms with van der Waals surface area (Å²) >= 11 is 0. The first kappa shape index (κ1) is 14.1. The number of aryl methyl sites for hydroxylation is 1. The first-order chi connectivity index (χ1) is 10.1. The van der Waals surface area contributed by atoms with Crippen molar-refractivity contribution in [3.63, 3.8) is 0 Å². The summed E-state index contributed by atoms with van der Waals surface area (Å²) in [6.45, 7) is 0.771.